The molecule has 1 aromatic carbocycles. The van der Waals surface area contributed by atoms with E-state index in [-0.39, 0.29) is 24.0 Å². The number of ether oxygens (including phenoxy) is 1. The quantitative estimate of drug-likeness (QED) is 0.851. The number of carbonyl (C=O) groups is 2. The van der Waals surface area contributed by atoms with Crippen molar-refractivity contribution < 1.29 is 19.4 Å². The molecule has 114 valence electrons. The average molecular weight is 356 g/mol. The minimum atomic E-state index is -0.796. The molecule has 2 rings (SSSR count). The number of carbonyl (C=O) groups excluding carboxylic acids is 1. The van der Waals surface area contributed by atoms with Crippen LogP contribution in [0.25, 0.3) is 0 Å². The molecular weight excluding hydrogens is 338 g/mol. The van der Waals surface area contributed by atoms with Crippen LogP contribution in [-0.2, 0) is 4.79 Å². The summed E-state index contributed by atoms with van der Waals surface area (Å²) >= 11 is 3.36. The first-order valence-electron chi connectivity index (χ1n) is 6.86. The Hall–Kier alpha value is -1.56. The fourth-order valence-corrected chi connectivity index (χ4v) is 2.71. The molecule has 21 heavy (non-hydrogen) atoms. The van der Waals surface area contributed by atoms with Gasteiger partial charge in [-0.25, -0.2) is 0 Å². The molecule has 6 heteroatoms. The Morgan fingerprint density at radius 3 is 2.57 bits per heavy atom. The normalized spacial score (nSPS) is 20.8. The van der Waals surface area contributed by atoms with Crippen LogP contribution in [0.5, 0.6) is 5.75 Å². The van der Waals surface area contributed by atoms with Crippen LogP contribution in [0.4, 0.5) is 0 Å². The van der Waals surface area contributed by atoms with Crippen molar-refractivity contribution in [1.82, 2.24) is 5.32 Å². The van der Waals surface area contributed by atoms with Gasteiger partial charge >= 0.3 is 5.97 Å². The van der Waals surface area contributed by atoms with E-state index in [1.807, 2.05) is 13.8 Å². The Morgan fingerprint density at radius 1 is 1.33 bits per heavy atom. The Labute approximate surface area is 131 Å². The van der Waals surface area contributed by atoms with E-state index in [0.717, 1.165) is 4.47 Å². The molecule has 0 unspecified atom stereocenters. The van der Waals surface area contributed by atoms with Crippen LogP contribution in [0, 0.1) is 5.92 Å². The van der Waals surface area contributed by atoms with Gasteiger partial charge in [0, 0.05) is 16.1 Å². The van der Waals surface area contributed by atoms with Gasteiger partial charge in [-0.1, -0.05) is 15.9 Å². The molecular formula is C15H18BrNO4. The molecule has 0 aliphatic heterocycles. The fraction of sp³-hybridized carbons (Fsp3) is 0.467. The number of benzene rings is 1. The summed E-state index contributed by atoms with van der Waals surface area (Å²) in [7, 11) is 0. The Morgan fingerprint density at radius 2 is 2.00 bits per heavy atom. The maximum atomic E-state index is 12.2. The van der Waals surface area contributed by atoms with Crippen molar-refractivity contribution in [2.24, 2.45) is 5.92 Å². The van der Waals surface area contributed by atoms with Crippen LogP contribution >= 0.6 is 15.9 Å². The lowest BCUT2D eigenvalue weighted by Gasteiger charge is -2.32. The Balaban J connectivity index is 1.99. The summed E-state index contributed by atoms with van der Waals surface area (Å²) in [5, 5.41) is 11.7. The van der Waals surface area contributed by atoms with E-state index in [2.05, 4.69) is 21.2 Å². The van der Waals surface area contributed by atoms with Crippen molar-refractivity contribution in [1.29, 1.82) is 0 Å². The number of nitrogens with one attached hydrogen (secondary N) is 1. The third kappa shape index (κ3) is 4.20. The zero-order chi connectivity index (χ0) is 15.6. The van der Waals surface area contributed by atoms with Crippen LogP contribution in [-0.4, -0.2) is 29.1 Å². The highest BCUT2D eigenvalue weighted by molar-refractivity contribution is 9.10. The molecule has 0 spiro atoms. The SMILES string of the molecule is CC(C)Oc1cc(Br)cc(C(=O)NC2CC(C(=O)O)C2)c1. The van der Waals surface area contributed by atoms with Gasteiger partial charge in [0.1, 0.15) is 5.75 Å². The third-order valence-corrected chi connectivity index (χ3v) is 3.79. The van der Waals surface area contributed by atoms with E-state index in [9.17, 15) is 9.59 Å². The monoisotopic (exact) mass is 355 g/mol. The highest BCUT2D eigenvalue weighted by Gasteiger charge is 2.35. The maximum Gasteiger partial charge on any atom is 0.306 e. The smallest absolute Gasteiger partial charge is 0.306 e. The molecule has 0 bridgehead atoms. The summed E-state index contributed by atoms with van der Waals surface area (Å²) in [5.74, 6) is -0.714. The van der Waals surface area contributed by atoms with Crippen molar-refractivity contribution >= 4 is 27.8 Å². The molecule has 0 radical (unpaired) electrons. The lowest BCUT2D eigenvalue weighted by molar-refractivity contribution is -0.145. The first-order chi connectivity index (χ1) is 9.85. The fourth-order valence-electron chi connectivity index (χ4n) is 2.24. The highest BCUT2D eigenvalue weighted by atomic mass is 79.9. The lowest BCUT2D eigenvalue weighted by atomic mass is 9.80. The molecule has 0 atom stereocenters. The number of amides is 1. The van der Waals surface area contributed by atoms with Crippen LogP contribution in [0.2, 0.25) is 0 Å². The number of carboxylic acid groups (broad SMARTS) is 1. The molecule has 0 heterocycles. The number of hydrogen-bond donors (Lipinski definition) is 2. The minimum Gasteiger partial charge on any atom is -0.491 e. The van der Waals surface area contributed by atoms with Crippen molar-refractivity contribution in [3.05, 3.63) is 28.2 Å². The zero-order valence-electron chi connectivity index (χ0n) is 11.9. The molecule has 0 saturated heterocycles. The molecule has 0 aromatic heterocycles. The predicted molar refractivity (Wildman–Crippen MR) is 81.5 cm³/mol. The average Bonchev–Trinajstić information content (AvgIpc) is 2.30. The van der Waals surface area contributed by atoms with Gasteiger partial charge in [-0.15, -0.1) is 0 Å². The third-order valence-electron chi connectivity index (χ3n) is 3.33. The molecule has 1 aromatic rings. The van der Waals surface area contributed by atoms with Gasteiger partial charge < -0.3 is 15.2 Å². The van der Waals surface area contributed by atoms with Gasteiger partial charge in [0.15, 0.2) is 0 Å². The van der Waals surface area contributed by atoms with Crippen molar-refractivity contribution in [3.63, 3.8) is 0 Å². The number of rotatable bonds is 5. The maximum absolute atomic E-state index is 12.2. The van der Waals surface area contributed by atoms with Crippen molar-refractivity contribution in [3.8, 4) is 5.75 Å². The van der Waals surface area contributed by atoms with E-state index in [1.54, 1.807) is 18.2 Å². The molecule has 1 amide bonds. The summed E-state index contributed by atoms with van der Waals surface area (Å²) in [6.45, 7) is 3.84. The topological polar surface area (TPSA) is 75.6 Å². The lowest BCUT2D eigenvalue weighted by Crippen LogP contribution is -2.46. The largest absolute Gasteiger partial charge is 0.491 e. The molecule has 1 saturated carbocycles. The summed E-state index contributed by atoms with van der Waals surface area (Å²) < 4.78 is 6.36. The van der Waals surface area contributed by atoms with Crippen molar-refractivity contribution in [2.75, 3.05) is 0 Å². The van der Waals surface area contributed by atoms with Crippen LogP contribution in [0.15, 0.2) is 22.7 Å². The predicted octanol–water partition coefficient (Wildman–Crippen LogP) is 2.83. The summed E-state index contributed by atoms with van der Waals surface area (Å²) in [6, 6.07) is 5.15. The van der Waals surface area contributed by atoms with Gasteiger partial charge in [0.2, 0.25) is 0 Å². The number of hydrogen-bond acceptors (Lipinski definition) is 3. The van der Waals surface area contributed by atoms with Gasteiger partial charge in [0.25, 0.3) is 5.91 Å². The van der Waals surface area contributed by atoms with Crippen LogP contribution < -0.4 is 10.1 Å². The number of aliphatic carboxylic acids is 1. The van der Waals surface area contributed by atoms with E-state index in [1.165, 1.54) is 0 Å². The van der Waals surface area contributed by atoms with E-state index >= 15 is 0 Å². The summed E-state index contributed by atoms with van der Waals surface area (Å²) in [5.41, 5.74) is 0.499. The second-order valence-electron chi connectivity index (χ2n) is 5.52. The number of halogens is 1. The molecule has 1 fully saturated rings. The van der Waals surface area contributed by atoms with E-state index < -0.39 is 5.97 Å². The first-order valence-corrected chi connectivity index (χ1v) is 7.65. The van der Waals surface area contributed by atoms with Gasteiger partial charge in [-0.05, 0) is 44.9 Å². The first kappa shape index (κ1) is 15.8. The molecule has 5 nitrogen and oxygen atoms in total. The summed E-state index contributed by atoms with van der Waals surface area (Å²) in [6.07, 6.45) is 1.01. The zero-order valence-corrected chi connectivity index (χ0v) is 13.5. The van der Waals surface area contributed by atoms with Crippen LogP contribution in [0.1, 0.15) is 37.0 Å². The minimum absolute atomic E-state index is 0.0261. The standard InChI is InChI=1S/C15H18BrNO4/c1-8(2)21-13-6-9(3-11(16)7-13)14(18)17-12-4-10(5-12)15(19)20/h3,6-8,10,12H,4-5H2,1-2H3,(H,17,18)(H,19,20). The van der Waals surface area contributed by atoms with Gasteiger partial charge in [-0.3, -0.25) is 9.59 Å². The van der Waals surface area contributed by atoms with Crippen molar-refractivity contribution in [2.45, 2.75) is 38.8 Å². The van der Waals surface area contributed by atoms with E-state index in [0.29, 0.717) is 24.2 Å². The second kappa shape index (κ2) is 6.47. The number of carboxylic acids is 1. The van der Waals surface area contributed by atoms with E-state index in [4.69, 9.17) is 9.84 Å². The Kier molecular flexibility index (Phi) is 4.88. The molecule has 1 aliphatic carbocycles. The van der Waals surface area contributed by atoms with Gasteiger partial charge in [0.05, 0.1) is 12.0 Å². The Bertz CT molecular complexity index is 553. The second-order valence-corrected chi connectivity index (χ2v) is 6.43. The molecule has 2 N–H and O–H groups in total. The van der Waals surface area contributed by atoms with Crippen LogP contribution in [0.3, 0.4) is 0 Å². The summed E-state index contributed by atoms with van der Waals surface area (Å²) in [4.78, 5) is 22.9. The van der Waals surface area contributed by atoms with Gasteiger partial charge in [-0.2, -0.15) is 0 Å². The highest BCUT2D eigenvalue weighted by Crippen LogP contribution is 2.28. The molecule has 1 aliphatic rings.